The first kappa shape index (κ1) is 12.9. The molecule has 1 aliphatic carbocycles. The standard InChI is InChI=1S/C15H20FNO2/c1-2-7-17-9-14(16)19-15-12-8-11(18)5-3-10(12)4-6-13(15)17/h3,5,8,13-15,18H,2,4,6-7,9H2,1H3. The Kier molecular flexibility index (Phi) is 3.46. The highest BCUT2D eigenvalue weighted by Gasteiger charge is 2.40. The third-order valence-corrected chi connectivity index (χ3v) is 4.15. The zero-order valence-corrected chi connectivity index (χ0v) is 11.2. The quantitative estimate of drug-likeness (QED) is 0.892. The molecular formula is C15H20FNO2. The van der Waals surface area contributed by atoms with Crippen molar-refractivity contribution in [3.05, 3.63) is 29.3 Å². The molecule has 0 saturated carbocycles. The van der Waals surface area contributed by atoms with Crippen LogP contribution in [0.5, 0.6) is 5.75 Å². The van der Waals surface area contributed by atoms with E-state index in [2.05, 4.69) is 11.8 Å². The number of hydrogen-bond acceptors (Lipinski definition) is 3. The SMILES string of the molecule is CCCN1CC(F)OC2c3cc(O)ccc3CCC21. The predicted octanol–water partition coefficient (Wildman–Crippen LogP) is 2.79. The lowest BCUT2D eigenvalue weighted by Crippen LogP contribution is -2.51. The fraction of sp³-hybridized carbons (Fsp3) is 0.600. The van der Waals surface area contributed by atoms with Crippen LogP contribution in [0.15, 0.2) is 18.2 Å². The molecule has 1 heterocycles. The van der Waals surface area contributed by atoms with E-state index in [-0.39, 0.29) is 17.9 Å². The number of halogens is 1. The van der Waals surface area contributed by atoms with Gasteiger partial charge in [0.05, 0.1) is 6.54 Å². The molecule has 3 nitrogen and oxygen atoms in total. The van der Waals surface area contributed by atoms with Crippen molar-refractivity contribution in [1.29, 1.82) is 0 Å². The van der Waals surface area contributed by atoms with Gasteiger partial charge in [-0.15, -0.1) is 0 Å². The average Bonchev–Trinajstić information content (AvgIpc) is 2.39. The van der Waals surface area contributed by atoms with Crippen LogP contribution in [0.4, 0.5) is 4.39 Å². The Morgan fingerprint density at radius 1 is 1.47 bits per heavy atom. The van der Waals surface area contributed by atoms with Crippen molar-refractivity contribution in [1.82, 2.24) is 4.90 Å². The van der Waals surface area contributed by atoms with E-state index in [0.717, 1.165) is 31.4 Å². The smallest absolute Gasteiger partial charge is 0.212 e. The second-order valence-electron chi connectivity index (χ2n) is 5.45. The van der Waals surface area contributed by atoms with Gasteiger partial charge in [-0.05, 0) is 49.1 Å². The number of aryl methyl sites for hydroxylation is 1. The maximum atomic E-state index is 13.8. The van der Waals surface area contributed by atoms with Crippen molar-refractivity contribution in [2.45, 2.75) is 44.7 Å². The summed E-state index contributed by atoms with van der Waals surface area (Å²) in [6.45, 7) is 3.38. The van der Waals surface area contributed by atoms with Crippen molar-refractivity contribution in [3.8, 4) is 5.75 Å². The van der Waals surface area contributed by atoms with E-state index < -0.39 is 6.36 Å². The third kappa shape index (κ3) is 2.35. The maximum absolute atomic E-state index is 13.8. The topological polar surface area (TPSA) is 32.7 Å². The Morgan fingerprint density at radius 3 is 3.11 bits per heavy atom. The maximum Gasteiger partial charge on any atom is 0.212 e. The van der Waals surface area contributed by atoms with Gasteiger partial charge < -0.3 is 9.84 Å². The van der Waals surface area contributed by atoms with Gasteiger partial charge in [0.25, 0.3) is 0 Å². The number of ether oxygens (including phenoxy) is 1. The Bertz CT molecular complexity index is 465. The summed E-state index contributed by atoms with van der Waals surface area (Å²) in [6, 6.07) is 5.59. The molecule has 0 radical (unpaired) electrons. The second kappa shape index (κ2) is 5.10. The molecule has 1 aromatic carbocycles. The molecular weight excluding hydrogens is 245 g/mol. The van der Waals surface area contributed by atoms with E-state index in [0.29, 0.717) is 6.54 Å². The van der Waals surface area contributed by atoms with Gasteiger partial charge in [0.1, 0.15) is 11.9 Å². The van der Waals surface area contributed by atoms with Gasteiger partial charge in [-0.1, -0.05) is 13.0 Å². The molecule has 1 N–H and O–H groups in total. The lowest BCUT2D eigenvalue weighted by molar-refractivity contribution is -0.177. The van der Waals surface area contributed by atoms with Crippen molar-refractivity contribution < 1.29 is 14.2 Å². The Morgan fingerprint density at radius 2 is 2.32 bits per heavy atom. The summed E-state index contributed by atoms with van der Waals surface area (Å²) in [6.07, 6.45) is 1.50. The molecule has 104 valence electrons. The fourth-order valence-electron chi connectivity index (χ4n) is 3.34. The van der Waals surface area contributed by atoms with E-state index in [1.54, 1.807) is 12.1 Å². The van der Waals surface area contributed by atoms with Crippen molar-refractivity contribution in [2.75, 3.05) is 13.1 Å². The minimum Gasteiger partial charge on any atom is -0.508 e. The first-order valence-electron chi connectivity index (χ1n) is 7.04. The number of alkyl halides is 1. The zero-order chi connectivity index (χ0) is 13.4. The third-order valence-electron chi connectivity index (χ3n) is 4.15. The van der Waals surface area contributed by atoms with Crippen LogP contribution in [0.25, 0.3) is 0 Å². The summed E-state index contributed by atoms with van der Waals surface area (Å²) in [5.41, 5.74) is 2.13. The predicted molar refractivity (Wildman–Crippen MR) is 70.8 cm³/mol. The molecule has 1 fully saturated rings. The highest BCUT2D eigenvalue weighted by atomic mass is 19.1. The number of phenols is 1. The van der Waals surface area contributed by atoms with Crippen LogP contribution >= 0.6 is 0 Å². The Labute approximate surface area is 113 Å². The monoisotopic (exact) mass is 265 g/mol. The van der Waals surface area contributed by atoms with Crippen molar-refractivity contribution in [2.24, 2.45) is 0 Å². The van der Waals surface area contributed by atoms with Gasteiger partial charge in [-0.2, -0.15) is 0 Å². The van der Waals surface area contributed by atoms with E-state index in [1.807, 2.05) is 6.07 Å². The summed E-state index contributed by atoms with van der Waals surface area (Å²) in [5.74, 6) is 0.228. The molecule has 3 rings (SSSR count). The Balaban J connectivity index is 1.93. The van der Waals surface area contributed by atoms with E-state index in [4.69, 9.17) is 4.74 Å². The minimum absolute atomic E-state index is 0.228. The highest BCUT2D eigenvalue weighted by molar-refractivity contribution is 5.39. The fourth-order valence-corrected chi connectivity index (χ4v) is 3.34. The normalized spacial score (nSPS) is 30.7. The molecule has 0 aromatic heterocycles. The van der Waals surface area contributed by atoms with Crippen LogP contribution in [-0.4, -0.2) is 35.5 Å². The number of phenolic OH excluding ortho intramolecular Hbond substituents is 1. The number of rotatable bonds is 2. The summed E-state index contributed by atoms with van der Waals surface area (Å²) in [4.78, 5) is 2.20. The molecule has 19 heavy (non-hydrogen) atoms. The second-order valence-corrected chi connectivity index (χ2v) is 5.45. The molecule has 3 unspecified atom stereocenters. The van der Waals surface area contributed by atoms with Crippen LogP contribution in [0.3, 0.4) is 0 Å². The lowest BCUT2D eigenvalue weighted by atomic mass is 9.84. The van der Waals surface area contributed by atoms with Crippen LogP contribution in [0, 0.1) is 0 Å². The largest absolute Gasteiger partial charge is 0.508 e. The van der Waals surface area contributed by atoms with Gasteiger partial charge >= 0.3 is 0 Å². The van der Waals surface area contributed by atoms with Crippen molar-refractivity contribution in [3.63, 3.8) is 0 Å². The molecule has 0 bridgehead atoms. The van der Waals surface area contributed by atoms with E-state index >= 15 is 0 Å². The molecule has 1 saturated heterocycles. The molecule has 4 heteroatoms. The van der Waals surface area contributed by atoms with Crippen LogP contribution < -0.4 is 0 Å². The van der Waals surface area contributed by atoms with Crippen LogP contribution in [-0.2, 0) is 11.2 Å². The zero-order valence-electron chi connectivity index (χ0n) is 11.2. The first-order valence-corrected chi connectivity index (χ1v) is 7.04. The summed E-state index contributed by atoms with van der Waals surface area (Å²) in [7, 11) is 0. The number of fused-ring (bicyclic) bond motifs is 3. The van der Waals surface area contributed by atoms with Crippen molar-refractivity contribution >= 4 is 0 Å². The average molecular weight is 265 g/mol. The van der Waals surface area contributed by atoms with Crippen LogP contribution in [0.2, 0.25) is 0 Å². The number of hydrogen-bond donors (Lipinski definition) is 1. The summed E-state index contributed by atoms with van der Waals surface area (Å²) < 4.78 is 19.3. The van der Waals surface area contributed by atoms with Gasteiger partial charge in [-0.3, -0.25) is 4.90 Å². The summed E-state index contributed by atoms with van der Waals surface area (Å²) >= 11 is 0. The molecule has 3 atom stereocenters. The highest BCUT2D eigenvalue weighted by Crippen LogP contribution is 2.40. The molecule has 1 aromatic rings. The first-order chi connectivity index (χ1) is 9.19. The molecule has 1 aliphatic heterocycles. The number of aromatic hydroxyl groups is 1. The van der Waals surface area contributed by atoms with Crippen LogP contribution in [0.1, 0.15) is 37.0 Å². The number of benzene rings is 1. The minimum atomic E-state index is -1.24. The van der Waals surface area contributed by atoms with Gasteiger partial charge in [0.15, 0.2) is 0 Å². The van der Waals surface area contributed by atoms with Gasteiger partial charge in [0.2, 0.25) is 6.36 Å². The van der Waals surface area contributed by atoms with E-state index in [9.17, 15) is 9.50 Å². The van der Waals surface area contributed by atoms with E-state index in [1.165, 1.54) is 5.56 Å². The summed E-state index contributed by atoms with van der Waals surface area (Å²) in [5, 5.41) is 9.65. The van der Waals surface area contributed by atoms with Gasteiger partial charge in [-0.25, -0.2) is 4.39 Å². The molecule has 0 amide bonds. The molecule has 0 spiro atoms. The van der Waals surface area contributed by atoms with Gasteiger partial charge in [0, 0.05) is 6.04 Å². The number of nitrogens with zero attached hydrogens (tertiary/aromatic N) is 1. The Hall–Kier alpha value is -1.13. The number of morpholine rings is 1. The molecule has 2 aliphatic rings. The lowest BCUT2D eigenvalue weighted by Gasteiger charge is -2.45.